The molecule has 1 saturated heterocycles. The number of rotatable bonds is 3. The second kappa shape index (κ2) is 5.48. The van der Waals surface area contributed by atoms with Crippen molar-refractivity contribution >= 4 is 15.7 Å². The Kier molecular flexibility index (Phi) is 4.13. The van der Waals surface area contributed by atoms with E-state index in [9.17, 15) is 8.42 Å². The van der Waals surface area contributed by atoms with Gasteiger partial charge in [0.15, 0.2) is 0 Å². The summed E-state index contributed by atoms with van der Waals surface area (Å²) in [5, 5.41) is 1.78. The predicted molar refractivity (Wildman–Crippen MR) is 76.1 cm³/mol. The van der Waals surface area contributed by atoms with Crippen molar-refractivity contribution in [1.82, 2.24) is 9.84 Å². The van der Waals surface area contributed by atoms with Crippen LogP contribution < -0.4 is 10.6 Å². The summed E-state index contributed by atoms with van der Waals surface area (Å²) in [6.07, 6.45) is 3.21. The molecule has 0 saturated carbocycles. The van der Waals surface area contributed by atoms with Gasteiger partial charge in [0, 0.05) is 18.8 Å². The van der Waals surface area contributed by atoms with Gasteiger partial charge in [-0.25, -0.2) is 13.4 Å². The topological polar surface area (TPSA) is 75.4 Å². The number of hydrogen-bond donors (Lipinski definition) is 2. The first-order chi connectivity index (χ1) is 8.92. The van der Waals surface area contributed by atoms with Crippen molar-refractivity contribution in [3.63, 3.8) is 0 Å². The highest BCUT2D eigenvalue weighted by Crippen LogP contribution is 2.25. The highest BCUT2D eigenvalue weighted by Gasteiger charge is 2.24. The highest BCUT2D eigenvalue weighted by atomic mass is 32.2. The summed E-state index contributed by atoms with van der Waals surface area (Å²) >= 11 is 0. The molecule has 1 aliphatic rings. The van der Waals surface area contributed by atoms with E-state index in [-0.39, 0.29) is 0 Å². The lowest BCUT2D eigenvalue weighted by molar-refractivity contribution is 0.200. The van der Waals surface area contributed by atoms with Crippen LogP contribution in [0.3, 0.4) is 0 Å². The Hall–Kier alpha value is -1.11. The van der Waals surface area contributed by atoms with Crippen molar-refractivity contribution in [2.45, 2.75) is 38.0 Å². The maximum atomic E-state index is 12.5. The van der Waals surface area contributed by atoms with Crippen molar-refractivity contribution in [3.8, 4) is 0 Å². The predicted octanol–water partition coefficient (Wildman–Crippen LogP) is 1.56. The molecule has 106 valence electrons. The molecule has 1 fully saturated rings. The zero-order valence-electron chi connectivity index (χ0n) is 11.4. The van der Waals surface area contributed by atoms with Gasteiger partial charge in [-0.2, -0.15) is 0 Å². The minimum absolute atomic E-state index is 0.304. The van der Waals surface area contributed by atoms with Gasteiger partial charge in [-0.3, -0.25) is 0 Å². The number of nitrogen functional groups attached to an aromatic ring is 1. The van der Waals surface area contributed by atoms with E-state index in [2.05, 4.69) is 4.83 Å². The van der Waals surface area contributed by atoms with Crippen LogP contribution in [0.2, 0.25) is 0 Å². The first-order valence-electron chi connectivity index (χ1n) is 6.55. The van der Waals surface area contributed by atoms with Gasteiger partial charge in [0.05, 0.1) is 4.90 Å². The van der Waals surface area contributed by atoms with Gasteiger partial charge in [0.1, 0.15) is 0 Å². The molecule has 0 radical (unpaired) electrons. The van der Waals surface area contributed by atoms with Crippen LogP contribution in [-0.2, 0) is 10.0 Å². The molecule has 0 unspecified atom stereocenters. The van der Waals surface area contributed by atoms with E-state index in [0.717, 1.165) is 37.9 Å². The summed E-state index contributed by atoms with van der Waals surface area (Å²) in [7, 11) is -3.55. The highest BCUT2D eigenvalue weighted by molar-refractivity contribution is 7.89. The normalized spacial score (nSPS) is 17.6. The molecule has 1 aromatic rings. The summed E-state index contributed by atoms with van der Waals surface area (Å²) in [5.74, 6) is 0. The van der Waals surface area contributed by atoms with Crippen LogP contribution in [0.25, 0.3) is 0 Å². The first-order valence-corrected chi connectivity index (χ1v) is 8.03. The molecule has 6 heteroatoms. The van der Waals surface area contributed by atoms with Gasteiger partial charge in [0.2, 0.25) is 0 Å². The molecule has 1 heterocycles. The first kappa shape index (κ1) is 14.3. The zero-order chi connectivity index (χ0) is 14.0. The summed E-state index contributed by atoms with van der Waals surface area (Å²) in [4.78, 5) is 2.97. The quantitative estimate of drug-likeness (QED) is 0.826. The Bertz CT molecular complexity index is 563. The number of nitrogens with zero attached hydrogens (tertiary/aromatic N) is 1. The van der Waals surface area contributed by atoms with E-state index in [1.807, 2.05) is 0 Å². The van der Waals surface area contributed by atoms with Crippen molar-refractivity contribution in [3.05, 3.63) is 23.3 Å². The van der Waals surface area contributed by atoms with Gasteiger partial charge in [-0.15, -0.1) is 4.83 Å². The summed E-state index contributed by atoms with van der Waals surface area (Å²) in [6.45, 7) is 5.06. The molecule has 19 heavy (non-hydrogen) atoms. The van der Waals surface area contributed by atoms with E-state index in [1.165, 1.54) is 0 Å². The van der Waals surface area contributed by atoms with Crippen LogP contribution in [0.1, 0.15) is 30.4 Å². The molecule has 3 N–H and O–H groups in total. The minimum atomic E-state index is -3.55. The Morgan fingerprint density at radius 3 is 2.42 bits per heavy atom. The lowest BCUT2D eigenvalue weighted by Crippen LogP contribution is -2.45. The average molecular weight is 283 g/mol. The van der Waals surface area contributed by atoms with Crippen LogP contribution >= 0.6 is 0 Å². The van der Waals surface area contributed by atoms with Gasteiger partial charge in [-0.05, 0) is 43.9 Å². The van der Waals surface area contributed by atoms with E-state index in [4.69, 9.17) is 5.73 Å². The van der Waals surface area contributed by atoms with Crippen molar-refractivity contribution < 1.29 is 8.42 Å². The lowest BCUT2D eigenvalue weighted by Gasteiger charge is -2.27. The fourth-order valence-electron chi connectivity index (χ4n) is 2.46. The van der Waals surface area contributed by atoms with Gasteiger partial charge in [-0.1, -0.05) is 12.5 Å². The summed E-state index contributed by atoms with van der Waals surface area (Å²) in [6, 6.07) is 3.48. The third kappa shape index (κ3) is 3.08. The molecule has 0 amide bonds. The molecule has 1 aliphatic heterocycles. The Balaban J connectivity index is 2.31. The second-order valence-electron chi connectivity index (χ2n) is 5.07. The van der Waals surface area contributed by atoms with Crippen molar-refractivity contribution in [2.75, 3.05) is 18.8 Å². The lowest BCUT2D eigenvalue weighted by atomic mass is 10.1. The summed E-state index contributed by atoms with van der Waals surface area (Å²) in [5.41, 5.74) is 7.65. The Morgan fingerprint density at radius 1 is 1.16 bits per heavy atom. The maximum Gasteiger partial charge on any atom is 0.254 e. The number of nitrogens with two attached hydrogens (primary N) is 1. The molecule has 5 nitrogen and oxygen atoms in total. The molecular formula is C13H21N3O2S. The largest absolute Gasteiger partial charge is 0.398 e. The number of sulfonamides is 1. The Morgan fingerprint density at radius 2 is 1.79 bits per heavy atom. The number of aryl methyl sites for hydroxylation is 1. The number of benzene rings is 1. The SMILES string of the molecule is Cc1ccc(N)c(C)c1S(=O)(=O)NN1CCCCC1. The molecular weight excluding hydrogens is 262 g/mol. The number of piperidine rings is 1. The standard InChI is InChI=1S/C13H21N3O2S/c1-10-6-7-12(14)11(2)13(10)19(17,18)15-16-8-4-3-5-9-16/h6-7,15H,3-5,8-9,14H2,1-2H3. The van der Waals surface area contributed by atoms with E-state index in [1.54, 1.807) is 31.0 Å². The van der Waals surface area contributed by atoms with Crippen molar-refractivity contribution in [1.29, 1.82) is 0 Å². The molecule has 0 spiro atoms. The van der Waals surface area contributed by atoms with Gasteiger partial charge in [0.25, 0.3) is 10.0 Å². The molecule has 2 rings (SSSR count). The molecule has 0 aromatic heterocycles. The van der Waals surface area contributed by atoms with E-state index in [0.29, 0.717) is 16.1 Å². The van der Waals surface area contributed by atoms with Crippen LogP contribution in [0.4, 0.5) is 5.69 Å². The van der Waals surface area contributed by atoms with Crippen LogP contribution in [0.15, 0.2) is 17.0 Å². The smallest absolute Gasteiger partial charge is 0.254 e. The summed E-state index contributed by atoms with van der Waals surface area (Å²) < 4.78 is 25.0. The molecule has 0 aliphatic carbocycles. The van der Waals surface area contributed by atoms with Crippen LogP contribution in [0, 0.1) is 13.8 Å². The number of hydrazine groups is 1. The monoisotopic (exact) mass is 283 g/mol. The minimum Gasteiger partial charge on any atom is -0.398 e. The van der Waals surface area contributed by atoms with Gasteiger partial charge < -0.3 is 5.73 Å². The maximum absolute atomic E-state index is 12.5. The molecule has 1 aromatic carbocycles. The van der Waals surface area contributed by atoms with Crippen LogP contribution in [-0.4, -0.2) is 26.5 Å². The zero-order valence-corrected chi connectivity index (χ0v) is 12.3. The van der Waals surface area contributed by atoms with Gasteiger partial charge >= 0.3 is 0 Å². The van der Waals surface area contributed by atoms with E-state index >= 15 is 0 Å². The molecule has 0 bridgehead atoms. The Labute approximate surface area is 114 Å². The second-order valence-corrected chi connectivity index (χ2v) is 6.67. The third-order valence-electron chi connectivity index (χ3n) is 3.52. The van der Waals surface area contributed by atoms with Crippen molar-refractivity contribution in [2.24, 2.45) is 0 Å². The number of anilines is 1. The number of nitrogens with one attached hydrogen (secondary N) is 1. The molecule has 0 atom stereocenters. The fourth-order valence-corrected chi connectivity index (χ4v) is 4.08. The number of hydrogen-bond acceptors (Lipinski definition) is 4. The third-order valence-corrected chi connectivity index (χ3v) is 5.18. The van der Waals surface area contributed by atoms with E-state index < -0.39 is 10.0 Å². The fraction of sp³-hybridized carbons (Fsp3) is 0.538. The average Bonchev–Trinajstić information content (AvgIpc) is 2.35. The van der Waals surface area contributed by atoms with Crippen LogP contribution in [0.5, 0.6) is 0 Å².